The van der Waals surface area contributed by atoms with Crippen molar-refractivity contribution in [2.24, 2.45) is 7.05 Å². The van der Waals surface area contributed by atoms with Crippen molar-refractivity contribution in [1.29, 1.82) is 0 Å². The van der Waals surface area contributed by atoms with Crippen LogP contribution in [0.2, 0.25) is 0 Å². The van der Waals surface area contributed by atoms with Gasteiger partial charge < -0.3 is 5.32 Å². The first-order valence-corrected chi connectivity index (χ1v) is 5.31. The highest BCUT2D eigenvalue weighted by Crippen LogP contribution is 2.10. The van der Waals surface area contributed by atoms with Crippen molar-refractivity contribution in [2.45, 2.75) is 20.4 Å². The first-order chi connectivity index (χ1) is 7.65. The Labute approximate surface area is 95.3 Å². The van der Waals surface area contributed by atoms with Gasteiger partial charge in [-0.15, -0.1) is 0 Å². The maximum absolute atomic E-state index is 4.30. The number of pyridine rings is 1. The zero-order chi connectivity index (χ0) is 11.5. The van der Waals surface area contributed by atoms with E-state index in [1.54, 1.807) is 0 Å². The first kappa shape index (κ1) is 10.7. The minimum Gasteiger partial charge on any atom is -0.380 e. The Hall–Kier alpha value is -1.84. The summed E-state index contributed by atoms with van der Waals surface area (Å²) < 4.78 is 1.83. The van der Waals surface area contributed by atoms with Crippen molar-refractivity contribution in [2.75, 3.05) is 5.32 Å². The Kier molecular flexibility index (Phi) is 2.90. The molecule has 0 unspecified atom stereocenters. The van der Waals surface area contributed by atoms with Crippen LogP contribution in [-0.4, -0.2) is 14.8 Å². The van der Waals surface area contributed by atoms with Crippen LogP contribution in [-0.2, 0) is 13.6 Å². The number of hydrogen-bond donors (Lipinski definition) is 1. The molecule has 1 N–H and O–H groups in total. The molecule has 0 saturated heterocycles. The summed E-state index contributed by atoms with van der Waals surface area (Å²) in [7, 11) is 1.93. The van der Waals surface area contributed by atoms with Gasteiger partial charge in [-0.25, -0.2) is 0 Å². The van der Waals surface area contributed by atoms with E-state index in [9.17, 15) is 0 Å². The number of rotatable bonds is 3. The SMILES string of the molecule is Cc1ccc(NCc2cn(C)nc2C)cn1. The topological polar surface area (TPSA) is 42.7 Å². The molecule has 0 radical (unpaired) electrons. The predicted octanol–water partition coefficient (Wildman–Crippen LogP) is 2.04. The standard InChI is InChI=1S/C12H16N4/c1-9-4-5-12(7-13-9)14-6-11-8-16(3)15-10(11)2/h4-5,7-8,14H,6H2,1-3H3. The van der Waals surface area contributed by atoms with Crippen LogP contribution in [0, 0.1) is 13.8 Å². The van der Waals surface area contributed by atoms with Crippen LogP contribution < -0.4 is 5.32 Å². The van der Waals surface area contributed by atoms with Crippen LogP contribution >= 0.6 is 0 Å². The predicted molar refractivity (Wildman–Crippen MR) is 64.2 cm³/mol. The highest BCUT2D eigenvalue weighted by atomic mass is 15.2. The van der Waals surface area contributed by atoms with Crippen molar-refractivity contribution in [3.63, 3.8) is 0 Å². The van der Waals surface area contributed by atoms with Gasteiger partial charge in [0.2, 0.25) is 0 Å². The van der Waals surface area contributed by atoms with E-state index in [0.29, 0.717) is 0 Å². The van der Waals surface area contributed by atoms with E-state index in [-0.39, 0.29) is 0 Å². The average Bonchev–Trinajstić information content (AvgIpc) is 2.57. The fourth-order valence-electron chi connectivity index (χ4n) is 1.59. The largest absolute Gasteiger partial charge is 0.380 e. The molecule has 0 aliphatic rings. The lowest BCUT2D eigenvalue weighted by molar-refractivity contribution is 0.756. The van der Waals surface area contributed by atoms with E-state index in [2.05, 4.69) is 15.4 Å². The minimum atomic E-state index is 0.782. The maximum atomic E-state index is 4.30. The number of anilines is 1. The van der Waals surface area contributed by atoms with Crippen molar-refractivity contribution >= 4 is 5.69 Å². The zero-order valence-electron chi connectivity index (χ0n) is 9.86. The molecule has 2 rings (SSSR count). The molecule has 0 aliphatic heterocycles. The van der Waals surface area contributed by atoms with Gasteiger partial charge in [-0.05, 0) is 26.0 Å². The zero-order valence-corrected chi connectivity index (χ0v) is 9.86. The van der Waals surface area contributed by atoms with Gasteiger partial charge in [-0.2, -0.15) is 5.10 Å². The summed E-state index contributed by atoms with van der Waals surface area (Å²) in [5, 5.41) is 7.62. The molecule has 0 saturated carbocycles. The molecule has 84 valence electrons. The summed E-state index contributed by atoms with van der Waals surface area (Å²) in [6.07, 6.45) is 3.88. The van der Waals surface area contributed by atoms with Crippen molar-refractivity contribution in [3.8, 4) is 0 Å². The summed E-state index contributed by atoms with van der Waals surface area (Å²) in [5.74, 6) is 0. The van der Waals surface area contributed by atoms with Crippen LogP contribution in [0.25, 0.3) is 0 Å². The normalized spacial score (nSPS) is 10.4. The average molecular weight is 216 g/mol. The van der Waals surface area contributed by atoms with E-state index >= 15 is 0 Å². The van der Waals surface area contributed by atoms with E-state index in [4.69, 9.17) is 0 Å². The molecule has 2 heterocycles. The molecular formula is C12H16N4. The fourth-order valence-corrected chi connectivity index (χ4v) is 1.59. The monoisotopic (exact) mass is 216 g/mol. The molecule has 2 aromatic rings. The summed E-state index contributed by atoms with van der Waals surface area (Å²) in [5.41, 5.74) is 4.34. The minimum absolute atomic E-state index is 0.782. The van der Waals surface area contributed by atoms with Gasteiger partial charge in [-0.3, -0.25) is 9.67 Å². The third-order valence-electron chi connectivity index (χ3n) is 2.51. The second-order valence-corrected chi connectivity index (χ2v) is 3.96. The van der Waals surface area contributed by atoms with Gasteiger partial charge in [0.05, 0.1) is 17.6 Å². The molecule has 0 amide bonds. The van der Waals surface area contributed by atoms with Gasteiger partial charge in [0.25, 0.3) is 0 Å². The lowest BCUT2D eigenvalue weighted by Crippen LogP contribution is -2.00. The Balaban J connectivity index is 2.02. The van der Waals surface area contributed by atoms with Crippen LogP contribution in [0.4, 0.5) is 5.69 Å². The maximum Gasteiger partial charge on any atom is 0.0643 e. The molecule has 16 heavy (non-hydrogen) atoms. The summed E-state index contributed by atoms with van der Waals surface area (Å²) in [6.45, 7) is 4.78. The quantitative estimate of drug-likeness (QED) is 0.853. The fraction of sp³-hybridized carbons (Fsp3) is 0.333. The summed E-state index contributed by atoms with van der Waals surface area (Å²) in [6, 6.07) is 4.03. The van der Waals surface area contributed by atoms with Gasteiger partial charge in [-0.1, -0.05) is 0 Å². The number of aromatic nitrogens is 3. The Morgan fingerprint density at radius 3 is 2.69 bits per heavy atom. The molecule has 0 atom stereocenters. The molecule has 0 fully saturated rings. The van der Waals surface area contributed by atoms with Crippen LogP contribution in [0.1, 0.15) is 17.0 Å². The smallest absolute Gasteiger partial charge is 0.0643 e. The molecule has 0 bridgehead atoms. The molecular weight excluding hydrogens is 200 g/mol. The first-order valence-electron chi connectivity index (χ1n) is 5.31. The summed E-state index contributed by atoms with van der Waals surface area (Å²) in [4.78, 5) is 4.24. The molecule has 0 spiro atoms. The molecule has 4 nitrogen and oxygen atoms in total. The number of hydrogen-bond acceptors (Lipinski definition) is 3. The van der Waals surface area contributed by atoms with Crippen LogP contribution in [0.15, 0.2) is 24.5 Å². The van der Waals surface area contributed by atoms with E-state index < -0.39 is 0 Å². The molecule has 2 aromatic heterocycles. The van der Waals surface area contributed by atoms with Crippen molar-refractivity contribution < 1.29 is 0 Å². The second-order valence-electron chi connectivity index (χ2n) is 3.96. The molecule has 0 aliphatic carbocycles. The Morgan fingerprint density at radius 2 is 2.12 bits per heavy atom. The van der Waals surface area contributed by atoms with E-state index in [1.807, 2.05) is 50.1 Å². The number of nitrogens with zero attached hydrogens (tertiary/aromatic N) is 3. The highest BCUT2D eigenvalue weighted by molar-refractivity contribution is 5.41. The van der Waals surface area contributed by atoms with E-state index in [0.717, 1.165) is 23.6 Å². The Bertz CT molecular complexity index is 470. The van der Waals surface area contributed by atoms with Crippen LogP contribution in [0.3, 0.4) is 0 Å². The highest BCUT2D eigenvalue weighted by Gasteiger charge is 2.02. The van der Waals surface area contributed by atoms with Gasteiger partial charge in [0, 0.05) is 31.0 Å². The van der Waals surface area contributed by atoms with Gasteiger partial charge >= 0.3 is 0 Å². The number of aryl methyl sites for hydroxylation is 3. The second kappa shape index (κ2) is 4.35. The lowest BCUT2D eigenvalue weighted by Gasteiger charge is -2.04. The van der Waals surface area contributed by atoms with E-state index in [1.165, 1.54) is 5.56 Å². The van der Waals surface area contributed by atoms with Crippen molar-refractivity contribution in [3.05, 3.63) is 41.5 Å². The third-order valence-corrected chi connectivity index (χ3v) is 2.51. The van der Waals surface area contributed by atoms with Gasteiger partial charge in [0.15, 0.2) is 0 Å². The third kappa shape index (κ3) is 2.39. The van der Waals surface area contributed by atoms with Gasteiger partial charge in [0.1, 0.15) is 0 Å². The van der Waals surface area contributed by atoms with Crippen LogP contribution in [0.5, 0.6) is 0 Å². The molecule has 4 heteroatoms. The number of nitrogens with one attached hydrogen (secondary N) is 1. The Morgan fingerprint density at radius 1 is 1.31 bits per heavy atom. The molecule has 0 aromatic carbocycles. The van der Waals surface area contributed by atoms with Crippen molar-refractivity contribution in [1.82, 2.24) is 14.8 Å². The lowest BCUT2D eigenvalue weighted by atomic mass is 10.2. The summed E-state index contributed by atoms with van der Waals surface area (Å²) >= 11 is 0.